The molecule has 0 saturated carbocycles. The van der Waals surface area contributed by atoms with E-state index in [0.717, 1.165) is 11.1 Å². The molecule has 4 N–H and O–H groups in total. The van der Waals surface area contributed by atoms with Gasteiger partial charge in [0.15, 0.2) is 0 Å². The SMILES string of the molecule is O=C(NC(=NCC(O)CO)NC(=O)OCc1ccccc1)OCc1ccccc1. The van der Waals surface area contributed by atoms with Crippen LogP contribution in [-0.2, 0) is 22.7 Å². The summed E-state index contributed by atoms with van der Waals surface area (Å²) >= 11 is 0. The first-order valence-corrected chi connectivity index (χ1v) is 8.85. The van der Waals surface area contributed by atoms with Gasteiger partial charge in [-0.3, -0.25) is 10.6 Å². The van der Waals surface area contributed by atoms with Crippen LogP contribution >= 0.6 is 0 Å². The summed E-state index contributed by atoms with van der Waals surface area (Å²) in [4.78, 5) is 27.8. The highest BCUT2D eigenvalue weighted by Crippen LogP contribution is 2.01. The maximum absolute atomic E-state index is 12.0. The number of benzene rings is 2. The second-order valence-electron chi connectivity index (χ2n) is 5.90. The molecule has 2 aromatic carbocycles. The van der Waals surface area contributed by atoms with Crippen LogP contribution in [0.2, 0.25) is 0 Å². The van der Waals surface area contributed by atoms with Gasteiger partial charge in [0.2, 0.25) is 5.96 Å². The Labute approximate surface area is 168 Å². The summed E-state index contributed by atoms with van der Waals surface area (Å²) in [7, 11) is 0. The van der Waals surface area contributed by atoms with Crippen LogP contribution in [0.1, 0.15) is 11.1 Å². The lowest BCUT2D eigenvalue weighted by molar-refractivity contribution is 0.102. The monoisotopic (exact) mass is 401 g/mol. The van der Waals surface area contributed by atoms with Gasteiger partial charge in [0.25, 0.3) is 0 Å². The average molecular weight is 401 g/mol. The van der Waals surface area contributed by atoms with Crippen molar-refractivity contribution < 1.29 is 29.3 Å². The molecule has 1 atom stereocenters. The third kappa shape index (κ3) is 8.87. The molecule has 0 aromatic heterocycles. The van der Waals surface area contributed by atoms with Crippen molar-refractivity contribution in [1.29, 1.82) is 0 Å². The highest BCUT2D eigenvalue weighted by atomic mass is 16.6. The molecular formula is C20H23N3O6. The van der Waals surface area contributed by atoms with Gasteiger partial charge in [0.05, 0.1) is 19.3 Å². The van der Waals surface area contributed by atoms with Crippen molar-refractivity contribution in [3.05, 3.63) is 71.8 Å². The van der Waals surface area contributed by atoms with Crippen LogP contribution in [0.4, 0.5) is 9.59 Å². The quantitative estimate of drug-likeness (QED) is 0.411. The minimum absolute atomic E-state index is 0.0255. The second-order valence-corrected chi connectivity index (χ2v) is 5.90. The zero-order chi connectivity index (χ0) is 20.9. The number of amides is 2. The molecule has 0 radical (unpaired) electrons. The van der Waals surface area contributed by atoms with Crippen LogP contribution < -0.4 is 10.6 Å². The van der Waals surface area contributed by atoms with Crippen molar-refractivity contribution in [3.63, 3.8) is 0 Å². The molecule has 0 spiro atoms. The normalized spacial score (nSPS) is 11.1. The Hall–Kier alpha value is -3.43. The van der Waals surface area contributed by atoms with E-state index in [1.807, 2.05) is 36.4 Å². The molecule has 2 aromatic rings. The smallest absolute Gasteiger partial charge is 0.414 e. The van der Waals surface area contributed by atoms with Crippen LogP contribution in [0.25, 0.3) is 0 Å². The van der Waals surface area contributed by atoms with Crippen LogP contribution in [0.15, 0.2) is 65.7 Å². The van der Waals surface area contributed by atoms with Gasteiger partial charge in [-0.05, 0) is 11.1 Å². The maximum atomic E-state index is 12.0. The number of aliphatic hydroxyl groups excluding tert-OH is 2. The van der Waals surface area contributed by atoms with Crippen molar-refractivity contribution in [3.8, 4) is 0 Å². The largest absolute Gasteiger partial charge is 0.444 e. The van der Waals surface area contributed by atoms with Crippen molar-refractivity contribution in [2.75, 3.05) is 13.2 Å². The van der Waals surface area contributed by atoms with E-state index in [4.69, 9.17) is 14.6 Å². The maximum Gasteiger partial charge on any atom is 0.414 e. The van der Waals surface area contributed by atoms with E-state index in [1.54, 1.807) is 24.3 Å². The summed E-state index contributed by atoms with van der Waals surface area (Å²) < 4.78 is 10.1. The number of carbonyl (C=O) groups excluding carboxylic acids is 2. The topological polar surface area (TPSA) is 129 Å². The van der Waals surface area contributed by atoms with Gasteiger partial charge < -0.3 is 19.7 Å². The summed E-state index contributed by atoms with van der Waals surface area (Å²) in [5.74, 6) is -0.270. The Morgan fingerprint density at radius 3 is 1.72 bits per heavy atom. The number of nitrogens with zero attached hydrogens (tertiary/aromatic N) is 1. The summed E-state index contributed by atoms with van der Waals surface area (Å²) in [5, 5.41) is 22.9. The fraction of sp³-hybridized carbons (Fsp3) is 0.250. The molecule has 2 amide bonds. The second kappa shape index (κ2) is 12.1. The van der Waals surface area contributed by atoms with Gasteiger partial charge in [0, 0.05) is 0 Å². The highest BCUT2D eigenvalue weighted by molar-refractivity contribution is 6.01. The van der Waals surface area contributed by atoms with Crippen LogP contribution in [-0.4, -0.2) is 47.6 Å². The van der Waals surface area contributed by atoms with Gasteiger partial charge >= 0.3 is 12.2 Å². The number of rotatable bonds is 7. The average Bonchev–Trinajstić information content (AvgIpc) is 2.75. The van der Waals surface area contributed by atoms with Crippen LogP contribution in [0.3, 0.4) is 0 Å². The predicted molar refractivity (Wildman–Crippen MR) is 105 cm³/mol. The molecule has 0 fully saturated rings. The molecule has 9 heteroatoms. The number of hydrogen-bond acceptors (Lipinski definition) is 7. The van der Waals surface area contributed by atoms with Crippen molar-refractivity contribution in [2.24, 2.45) is 4.99 Å². The van der Waals surface area contributed by atoms with Crippen molar-refractivity contribution in [2.45, 2.75) is 19.3 Å². The number of carbonyl (C=O) groups is 2. The van der Waals surface area contributed by atoms with E-state index >= 15 is 0 Å². The van der Waals surface area contributed by atoms with E-state index in [-0.39, 0.29) is 25.7 Å². The number of aliphatic hydroxyl groups is 2. The van der Waals surface area contributed by atoms with Crippen LogP contribution in [0.5, 0.6) is 0 Å². The fourth-order valence-electron chi connectivity index (χ4n) is 2.08. The van der Waals surface area contributed by atoms with E-state index in [0.29, 0.717) is 0 Å². The Balaban J connectivity index is 1.89. The first-order chi connectivity index (χ1) is 14.1. The lowest BCUT2D eigenvalue weighted by Gasteiger charge is -2.12. The third-order valence-electron chi connectivity index (χ3n) is 3.54. The zero-order valence-corrected chi connectivity index (χ0v) is 15.7. The van der Waals surface area contributed by atoms with E-state index in [1.165, 1.54) is 0 Å². The van der Waals surface area contributed by atoms with Gasteiger partial charge in [-0.25, -0.2) is 14.6 Å². The number of guanidine groups is 1. The van der Waals surface area contributed by atoms with Crippen molar-refractivity contribution >= 4 is 18.1 Å². The molecule has 0 heterocycles. The summed E-state index contributed by atoms with van der Waals surface area (Å²) in [6.45, 7) is -0.715. The predicted octanol–water partition coefficient (Wildman–Crippen LogP) is 1.55. The third-order valence-corrected chi connectivity index (χ3v) is 3.54. The fourth-order valence-corrected chi connectivity index (χ4v) is 2.08. The van der Waals surface area contributed by atoms with E-state index in [2.05, 4.69) is 15.6 Å². The lowest BCUT2D eigenvalue weighted by atomic mass is 10.2. The molecule has 0 bridgehead atoms. The Morgan fingerprint density at radius 1 is 0.862 bits per heavy atom. The molecule has 2 rings (SSSR count). The molecule has 1 unspecified atom stereocenters. The molecule has 9 nitrogen and oxygen atoms in total. The number of hydrogen-bond donors (Lipinski definition) is 4. The number of aliphatic imine (C=N–C) groups is 1. The standard InChI is InChI=1S/C20H23N3O6/c24-12-17(25)11-21-18(22-19(26)28-13-15-7-3-1-4-8-15)23-20(27)29-14-16-9-5-2-6-10-16/h1-10,17,24-25H,11-14H2,(H2,21,22,23,26,27). The molecule has 29 heavy (non-hydrogen) atoms. The molecule has 0 aliphatic carbocycles. The highest BCUT2D eigenvalue weighted by Gasteiger charge is 2.13. The number of nitrogens with one attached hydrogen (secondary N) is 2. The van der Waals surface area contributed by atoms with Crippen molar-refractivity contribution in [1.82, 2.24) is 10.6 Å². The first-order valence-electron chi connectivity index (χ1n) is 8.85. The van der Waals surface area contributed by atoms with E-state index < -0.39 is 24.9 Å². The summed E-state index contributed by atoms with van der Waals surface area (Å²) in [6.07, 6.45) is -2.85. The van der Waals surface area contributed by atoms with Gasteiger partial charge in [-0.1, -0.05) is 60.7 Å². The molecule has 154 valence electrons. The van der Waals surface area contributed by atoms with Gasteiger partial charge in [0.1, 0.15) is 13.2 Å². The number of ether oxygens (including phenoxy) is 2. The van der Waals surface area contributed by atoms with Gasteiger partial charge in [-0.2, -0.15) is 0 Å². The molecule has 0 aliphatic rings. The molecular weight excluding hydrogens is 378 g/mol. The lowest BCUT2D eigenvalue weighted by Crippen LogP contribution is -2.44. The number of alkyl carbamates (subject to hydrolysis) is 2. The minimum atomic E-state index is -1.14. The molecule has 0 aliphatic heterocycles. The Bertz CT molecular complexity index is 739. The first kappa shape index (κ1) is 21.9. The molecule has 0 saturated heterocycles. The van der Waals surface area contributed by atoms with Gasteiger partial charge in [-0.15, -0.1) is 0 Å². The summed E-state index contributed by atoms with van der Waals surface area (Å²) in [5.41, 5.74) is 1.57. The van der Waals surface area contributed by atoms with E-state index in [9.17, 15) is 14.7 Å². The summed E-state index contributed by atoms with van der Waals surface area (Å²) in [6, 6.07) is 18.1. The van der Waals surface area contributed by atoms with Crippen LogP contribution in [0, 0.1) is 0 Å². The Morgan fingerprint density at radius 2 is 1.31 bits per heavy atom. The minimum Gasteiger partial charge on any atom is -0.444 e. The zero-order valence-electron chi connectivity index (χ0n) is 15.7. The Kier molecular flexibility index (Phi) is 9.13.